The molecule has 4 N–H and O–H groups in total. The summed E-state index contributed by atoms with van der Waals surface area (Å²) >= 11 is 0. The van der Waals surface area contributed by atoms with E-state index >= 15 is 0 Å². The molecule has 1 rings (SSSR count). The maximum absolute atomic E-state index is 12.0. The Kier molecular flexibility index (Phi) is 7.71. The molecular weight excluding hydrogens is 266 g/mol. The first-order chi connectivity index (χ1) is 10.1. The van der Waals surface area contributed by atoms with Gasteiger partial charge in [-0.05, 0) is 51.5 Å². The summed E-state index contributed by atoms with van der Waals surface area (Å²) in [6.45, 7) is 9.57. The van der Waals surface area contributed by atoms with Crippen LogP contribution in [0, 0.1) is 0 Å². The largest absolute Gasteiger partial charge is 0.348 e. The van der Waals surface area contributed by atoms with Crippen molar-refractivity contribution in [1.82, 2.24) is 15.2 Å². The number of hydrogen-bond acceptors (Lipinski definition) is 5. The quantitative estimate of drug-likeness (QED) is 0.476. The normalized spacial score (nSPS) is 12.2. The van der Waals surface area contributed by atoms with E-state index in [2.05, 4.69) is 34.5 Å². The van der Waals surface area contributed by atoms with Gasteiger partial charge in [-0.3, -0.25) is 10.6 Å². The van der Waals surface area contributed by atoms with Crippen molar-refractivity contribution in [3.8, 4) is 0 Å². The number of anilines is 1. The Labute approximate surface area is 127 Å². The van der Waals surface area contributed by atoms with Crippen LogP contribution in [0.5, 0.6) is 0 Å². The third-order valence-electron chi connectivity index (χ3n) is 3.55. The van der Waals surface area contributed by atoms with Gasteiger partial charge in [-0.1, -0.05) is 13.8 Å². The van der Waals surface area contributed by atoms with Gasteiger partial charge in [0.2, 0.25) is 0 Å². The molecule has 1 heterocycles. The summed E-state index contributed by atoms with van der Waals surface area (Å²) in [5.41, 5.74) is 3.57. The molecule has 0 aromatic carbocycles. The molecule has 1 atom stereocenters. The Bertz CT molecular complexity index is 417. The molecule has 6 heteroatoms. The van der Waals surface area contributed by atoms with Crippen molar-refractivity contribution in [3.63, 3.8) is 0 Å². The number of rotatable bonds is 9. The van der Waals surface area contributed by atoms with Gasteiger partial charge in [0.05, 0.1) is 11.9 Å². The molecule has 0 bridgehead atoms. The molecule has 0 fully saturated rings. The number of hydrogen-bond donors (Lipinski definition) is 3. The van der Waals surface area contributed by atoms with Gasteiger partial charge in [-0.2, -0.15) is 0 Å². The van der Waals surface area contributed by atoms with E-state index < -0.39 is 0 Å². The Balaban J connectivity index is 2.35. The average Bonchev–Trinajstić information content (AvgIpc) is 2.51. The van der Waals surface area contributed by atoms with Crippen molar-refractivity contribution in [2.75, 3.05) is 25.1 Å². The molecule has 6 nitrogen and oxygen atoms in total. The number of nitrogens with two attached hydrogens (primary N) is 1. The summed E-state index contributed by atoms with van der Waals surface area (Å²) in [6.07, 6.45) is 3.58. The van der Waals surface area contributed by atoms with Gasteiger partial charge in [0.1, 0.15) is 5.69 Å². The second-order valence-electron chi connectivity index (χ2n) is 5.12. The van der Waals surface area contributed by atoms with Crippen molar-refractivity contribution < 1.29 is 4.79 Å². The van der Waals surface area contributed by atoms with E-state index in [4.69, 9.17) is 5.84 Å². The second-order valence-corrected chi connectivity index (χ2v) is 5.12. The smallest absolute Gasteiger partial charge is 0.270 e. The molecule has 0 spiro atoms. The van der Waals surface area contributed by atoms with Gasteiger partial charge in [-0.25, -0.2) is 4.98 Å². The Morgan fingerprint density at radius 2 is 2.10 bits per heavy atom. The summed E-state index contributed by atoms with van der Waals surface area (Å²) in [6, 6.07) is 3.53. The molecular formula is C15H27N5O. The summed E-state index contributed by atoms with van der Waals surface area (Å²) in [7, 11) is 0. The lowest BCUT2D eigenvalue weighted by Crippen LogP contribution is -2.34. The molecule has 1 aromatic heterocycles. The number of nitrogen functional groups attached to an aromatic ring is 1. The van der Waals surface area contributed by atoms with Crippen molar-refractivity contribution in [1.29, 1.82) is 0 Å². The van der Waals surface area contributed by atoms with Gasteiger partial charge in [0.15, 0.2) is 0 Å². The van der Waals surface area contributed by atoms with Crippen LogP contribution >= 0.6 is 0 Å². The van der Waals surface area contributed by atoms with Crippen LogP contribution in [0.25, 0.3) is 0 Å². The number of nitrogens with zero attached hydrogens (tertiary/aromatic N) is 2. The van der Waals surface area contributed by atoms with Crippen LogP contribution in [0.1, 0.15) is 44.1 Å². The zero-order valence-corrected chi connectivity index (χ0v) is 13.2. The Morgan fingerprint density at radius 3 is 2.62 bits per heavy atom. The highest BCUT2D eigenvalue weighted by molar-refractivity contribution is 5.92. The van der Waals surface area contributed by atoms with Crippen LogP contribution in [-0.4, -0.2) is 41.5 Å². The summed E-state index contributed by atoms with van der Waals surface area (Å²) in [5, 5.41) is 2.97. The minimum absolute atomic E-state index is 0.141. The lowest BCUT2D eigenvalue weighted by Gasteiger charge is -2.19. The molecule has 0 aliphatic heterocycles. The molecule has 0 radical (unpaired) electrons. The van der Waals surface area contributed by atoms with Crippen LogP contribution < -0.4 is 16.6 Å². The number of hydrazine groups is 1. The lowest BCUT2D eigenvalue weighted by molar-refractivity contribution is 0.0932. The zero-order valence-electron chi connectivity index (χ0n) is 13.2. The molecule has 0 saturated heterocycles. The first kappa shape index (κ1) is 17.4. The predicted octanol–water partition coefficient (Wildman–Crippen LogP) is 1.61. The van der Waals surface area contributed by atoms with E-state index in [1.165, 1.54) is 0 Å². The van der Waals surface area contributed by atoms with E-state index in [1.54, 1.807) is 18.3 Å². The minimum atomic E-state index is -0.145. The summed E-state index contributed by atoms with van der Waals surface area (Å²) < 4.78 is 0. The first-order valence-corrected chi connectivity index (χ1v) is 7.56. The average molecular weight is 293 g/mol. The summed E-state index contributed by atoms with van der Waals surface area (Å²) in [4.78, 5) is 18.5. The van der Waals surface area contributed by atoms with Crippen LogP contribution in [0.2, 0.25) is 0 Å². The molecule has 1 amide bonds. The number of nitrogens with one attached hydrogen (secondary N) is 2. The van der Waals surface area contributed by atoms with Crippen molar-refractivity contribution in [3.05, 3.63) is 24.0 Å². The topological polar surface area (TPSA) is 83.3 Å². The Morgan fingerprint density at radius 1 is 1.38 bits per heavy atom. The number of aromatic nitrogens is 1. The number of carbonyl (C=O) groups is 1. The predicted molar refractivity (Wildman–Crippen MR) is 86.0 cm³/mol. The number of amides is 1. The van der Waals surface area contributed by atoms with Crippen LogP contribution in [0.3, 0.4) is 0 Å². The highest BCUT2D eigenvalue weighted by atomic mass is 16.1. The van der Waals surface area contributed by atoms with Crippen molar-refractivity contribution in [2.45, 2.75) is 39.7 Å². The minimum Gasteiger partial charge on any atom is -0.348 e. The van der Waals surface area contributed by atoms with Crippen molar-refractivity contribution >= 4 is 11.6 Å². The molecule has 1 unspecified atom stereocenters. The number of carbonyl (C=O) groups excluding carboxylic acids is 1. The van der Waals surface area contributed by atoms with Crippen LogP contribution in [0.4, 0.5) is 5.69 Å². The fourth-order valence-corrected chi connectivity index (χ4v) is 2.14. The second kappa shape index (κ2) is 9.31. The monoisotopic (exact) mass is 293 g/mol. The standard InChI is InChI=1S/C15H27N5O/c1-4-20(5-2)10-6-7-12(3)18-15(21)14-9-8-13(19-16)11-17-14/h8-9,11-12,19H,4-7,10,16H2,1-3H3,(H,18,21). The SMILES string of the molecule is CCN(CC)CCCC(C)NC(=O)c1ccc(NN)cn1. The molecule has 0 aliphatic carbocycles. The third-order valence-corrected chi connectivity index (χ3v) is 3.55. The lowest BCUT2D eigenvalue weighted by atomic mass is 10.1. The molecule has 0 saturated carbocycles. The maximum Gasteiger partial charge on any atom is 0.270 e. The van der Waals surface area contributed by atoms with Crippen molar-refractivity contribution in [2.24, 2.45) is 5.84 Å². The highest BCUT2D eigenvalue weighted by Gasteiger charge is 2.11. The van der Waals surface area contributed by atoms with Crippen LogP contribution in [0.15, 0.2) is 18.3 Å². The van der Waals surface area contributed by atoms with Gasteiger partial charge in [0.25, 0.3) is 5.91 Å². The molecule has 0 aliphatic rings. The van der Waals surface area contributed by atoms with E-state index in [9.17, 15) is 4.79 Å². The highest BCUT2D eigenvalue weighted by Crippen LogP contribution is 2.05. The zero-order chi connectivity index (χ0) is 15.7. The van der Waals surface area contributed by atoms with E-state index in [0.29, 0.717) is 11.4 Å². The summed E-state index contributed by atoms with van der Waals surface area (Å²) in [5.74, 6) is 5.12. The fourth-order valence-electron chi connectivity index (χ4n) is 2.14. The Hall–Kier alpha value is -1.66. The van der Waals surface area contributed by atoms with E-state index in [1.807, 2.05) is 6.92 Å². The van der Waals surface area contributed by atoms with Gasteiger partial charge in [0, 0.05) is 6.04 Å². The van der Waals surface area contributed by atoms with Gasteiger partial charge >= 0.3 is 0 Å². The molecule has 21 heavy (non-hydrogen) atoms. The van der Waals surface area contributed by atoms with E-state index in [-0.39, 0.29) is 11.9 Å². The first-order valence-electron chi connectivity index (χ1n) is 7.56. The molecule has 118 valence electrons. The van der Waals surface area contributed by atoms with Gasteiger partial charge in [-0.15, -0.1) is 0 Å². The third kappa shape index (κ3) is 6.10. The maximum atomic E-state index is 12.0. The van der Waals surface area contributed by atoms with Gasteiger partial charge < -0.3 is 15.6 Å². The fraction of sp³-hybridized carbons (Fsp3) is 0.600. The van der Waals surface area contributed by atoms with Crippen LogP contribution in [-0.2, 0) is 0 Å². The van der Waals surface area contributed by atoms with E-state index in [0.717, 1.165) is 32.5 Å². The molecule has 1 aromatic rings. The number of pyridine rings is 1.